The maximum atomic E-state index is 12.4. The van der Waals surface area contributed by atoms with Crippen LogP contribution in [0.5, 0.6) is 5.75 Å². The lowest BCUT2D eigenvalue weighted by molar-refractivity contribution is -0.0162. The number of hydrogen-bond donors (Lipinski definition) is 2. The first-order chi connectivity index (χ1) is 10.3. The van der Waals surface area contributed by atoms with E-state index in [1.54, 1.807) is 23.1 Å². The summed E-state index contributed by atoms with van der Waals surface area (Å²) >= 11 is 0. The minimum absolute atomic E-state index is 0.0204. The Kier molecular flexibility index (Phi) is 4.96. The molecule has 2 amide bonds. The molecular formula is C17H26N2O3. The van der Waals surface area contributed by atoms with E-state index >= 15 is 0 Å². The number of carbonyl (C=O) groups excluding carboxylic acids is 1. The molecule has 0 saturated carbocycles. The Labute approximate surface area is 132 Å². The average molecular weight is 306 g/mol. The van der Waals surface area contributed by atoms with E-state index in [1.165, 1.54) is 0 Å². The molecule has 5 heteroatoms. The van der Waals surface area contributed by atoms with Crippen LogP contribution in [0.4, 0.5) is 4.79 Å². The zero-order valence-corrected chi connectivity index (χ0v) is 13.8. The van der Waals surface area contributed by atoms with Crippen LogP contribution in [0.1, 0.15) is 39.4 Å². The summed E-state index contributed by atoms with van der Waals surface area (Å²) in [5.74, 6) is 0.212. The minimum Gasteiger partial charge on any atom is -0.508 e. The van der Waals surface area contributed by atoms with Crippen LogP contribution in [0, 0.1) is 5.41 Å². The van der Waals surface area contributed by atoms with Crippen molar-refractivity contribution in [1.82, 2.24) is 10.2 Å². The molecule has 1 aliphatic heterocycles. The molecule has 1 aromatic carbocycles. The third-order valence-corrected chi connectivity index (χ3v) is 4.23. The lowest BCUT2D eigenvalue weighted by Crippen LogP contribution is -2.51. The molecule has 1 saturated heterocycles. The Morgan fingerprint density at radius 3 is 2.82 bits per heavy atom. The van der Waals surface area contributed by atoms with Crippen LogP contribution in [0.2, 0.25) is 0 Å². The van der Waals surface area contributed by atoms with Crippen molar-refractivity contribution in [3.63, 3.8) is 0 Å². The first-order valence-corrected chi connectivity index (χ1v) is 7.73. The van der Waals surface area contributed by atoms with Crippen molar-refractivity contribution < 1.29 is 14.6 Å². The Hall–Kier alpha value is -1.75. The van der Waals surface area contributed by atoms with Gasteiger partial charge in [-0.2, -0.15) is 0 Å². The third-order valence-electron chi connectivity index (χ3n) is 4.23. The Balaban J connectivity index is 2.00. The predicted molar refractivity (Wildman–Crippen MR) is 85.8 cm³/mol. The fourth-order valence-electron chi connectivity index (χ4n) is 2.25. The van der Waals surface area contributed by atoms with Gasteiger partial charge in [0.15, 0.2) is 0 Å². The maximum absolute atomic E-state index is 12.4. The molecule has 1 aliphatic rings. The summed E-state index contributed by atoms with van der Waals surface area (Å²) < 4.78 is 5.74. The van der Waals surface area contributed by atoms with Crippen LogP contribution in [-0.2, 0) is 4.74 Å². The van der Waals surface area contributed by atoms with Crippen molar-refractivity contribution in [2.45, 2.75) is 39.8 Å². The Bertz CT molecular complexity index is 525. The number of rotatable bonds is 2. The second kappa shape index (κ2) is 6.57. The minimum atomic E-state index is -0.198. The average Bonchev–Trinajstić information content (AvgIpc) is 2.46. The van der Waals surface area contributed by atoms with Gasteiger partial charge in [0.1, 0.15) is 11.9 Å². The molecule has 5 nitrogen and oxygen atoms in total. The number of amides is 2. The van der Waals surface area contributed by atoms with E-state index < -0.39 is 0 Å². The zero-order chi connectivity index (χ0) is 16.3. The standard InChI is InChI=1S/C17H26N2O3/c1-12(17(2,3)4)18-16(21)19-8-9-22-15(11-19)13-6-5-7-14(20)10-13/h5-7,10,12,15,20H,8-9,11H2,1-4H3,(H,18,21)/t12-,15-/m1/s1. The largest absolute Gasteiger partial charge is 0.508 e. The summed E-state index contributed by atoms with van der Waals surface area (Å²) in [7, 11) is 0. The summed E-state index contributed by atoms with van der Waals surface area (Å²) in [5.41, 5.74) is 0.911. The van der Waals surface area contributed by atoms with E-state index in [1.807, 2.05) is 13.0 Å². The van der Waals surface area contributed by atoms with E-state index in [0.717, 1.165) is 5.56 Å². The summed E-state index contributed by atoms with van der Waals surface area (Å²) in [6, 6.07) is 7.03. The summed E-state index contributed by atoms with van der Waals surface area (Å²) in [4.78, 5) is 14.2. The first-order valence-electron chi connectivity index (χ1n) is 7.73. The number of benzene rings is 1. The molecule has 22 heavy (non-hydrogen) atoms. The number of phenols is 1. The Morgan fingerprint density at radius 1 is 1.45 bits per heavy atom. The lowest BCUT2D eigenvalue weighted by atomic mass is 9.88. The Morgan fingerprint density at radius 2 is 2.18 bits per heavy atom. The molecular weight excluding hydrogens is 280 g/mol. The number of phenolic OH excluding ortho intramolecular Hbond substituents is 1. The van der Waals surface area contributed by atoms with Gasteiger partial charge in [0.25, 0.3) is 0 Å². The summed E-state index contributed by atoms with van der Waals surface area (Å²) in [5, 5.41) is 12.6. The van der Waals surface area contributed by atoms with Crippen molar-refractivity contribution in [2.75, 3.05) is 19.7 Å². The van der Waals surface area contributed by atoms with Crippen molar-refractivity contribution in [2.24, 2.45) is 5.41 Å². The lowest BCUT2D eigenvalue weighted by Gasteiger charge is -2.36. The molecule has 0 radical (unpaired) electrons. The second-order valence-corrected chi connectivity index (χ2v) is 6.94. The predicted octanol–water partition coefficient (Wildman–Crippen LogP) is 2.91. The highest BCUT2D eigenvalue weighted by molar-refractivity contribution is 5.74. The molecule has 2 rings (SSSR count). The molecule has 2 N–H and O–H groups in total. The smallest absolute Gasteiger partial charge is 0.317 e. The van der Waals surface area contributed by atoms with Gasteiger partial charge in [-0.1, -0.05) is 32.9 Å². The van der Waals surface area contributed by atoms with Crippen LogP contribution in [0.15, 0.2) is 24.3 Å². The number of morpholine rings is 1. The molecule has 0 unspecified atom stereocenters. The highest BCUT2D eigenvalue weighted by Gasteiger charge is 2.28. The summed E-state index contributed by atoms with van der Waals surface area (Å²) in [6.45, 7) is 9.90. The van der Waals surface area contributed by atoms with Gasteiger partial charge >= 0.3 is 6.03 Å². The van der Waals surface area contributed by atoms with Gasteiger partial charge in [-0.05, 0) is 30.0 Å². The van der Waals surface area contributed by atoms with Crippen molar-refractivity contribution in [3.05, 3.63) is 29.8 Å². The normalized spacial score (nSPS) is 20.5. The van der Waals surface area contributed by atoms with E-state index in [9.17, 15) is 9.90 Å². The van der Waals surface area contributed by atoms with Crippen molar-refractivity contribution >= 4 is 6.03 Å². The van der Waals surface area contributed by atoms with Gasteiger partial charge in [0.05, 0.1) is 13.2 Å². The van der Waals surface area contributed by atoms with Crippen LogP contribution >= 0.6 is 0 Å². The number of nitrogens with zero attached hydrogens (tertiary/aromatic N) is 1. The van der Waals surface area contributed by atoms with Gasteiger partial charge in [-0.15, -0.1) is 0 Å². The second-order valence-electron chi connectivity index (χ2n) is 6.94. The SMILES string of the molecule is C[C@@H](NC(=O)N1CCO[C@@H](c2cccc(O)c2)C1)C(C)(C)C. The summed E-state index contributed by atoms with van der Waals surface area (Å²) in [6.07, 6.45) is -0.198. The van der Waals surface area contributed by atoms with E-state index in [2.05, 4.69) is 26.1 Å². The fraction of sp³-hybridized carbons (Fsp3) is 0.588. The molecule has 1 aromatic rings. The third kappa shape index (κ3) is 4.13. The number of nitrogens with one attached hydrogen (secondary N) is 1. The van der Waals surface area contributed by atoms with Gasteiger partial charge in [0, 0.05) is 12.6 Å². The molecule has 0 bridgehead atoms. The topological polar surface area (TPSA) is 61.8 Å². The first kappa shape index (κ1) is 16.6. The fourth-order valence-corrected chi connectivity index (χ4v) is 2.25. The number of carbonyl (C=O) groups is 1. The van der Waals surface area contributed by atoms with Crippen molar-refractivity contribution in [3.8, 4) is 5.75 Å². The molecule has 1 heterocycles. The molecule has 122 valence electrons. The number of urea groups is 1. The van der Waals surface area contributed by atoms with E-state index in [4.69, 9.17) is 4.74 Å². The number of hydrogen-bond acceptors (Lipinski definition) is 3. The molecule has 0 aromatic heterocycles. The van der Waals surface area contributed by atoms with Gasteiger partial charge in [-0.3, -0.25) is 0 Å². The van der Waals surface area contributed by atoms with Crippen LogP contribution in [0.3, 0.4) is 0 Å². The quantitative estimate of drug-likeness (QED) is 0.883. The molecule has 1 fully saturated rings. The highest BCUT2D eigenvalue weighted by atomic mass is 16.5. The zero-order valence-electron chi connectivity index (χ0n) is 13.8. The van der Waals surface area contributed by atoms with Crippen LogP contribution < -0.4 is 5.32 Å². The van der Waals surface area contributed by atoms with Crippen LogP contribution in [-0.4, -0.2) is 41.8 Å². The van der Waals surface area contributed by atoms with E-state index in [-0.39, 0.29) is 29.3 Å². The molecule has 0 aliphatic carbocycles. The van der Waals surface area contributed by atoms with E-state index in [0.29, 0.717) is 19.7 Å². The monoisotopic (exact) mass is 306 g/mol. The molecule has 0 spiro atoms. The molecule has 2 atom stereocenters. The van der Waals surface area contributed by atoms with Gasteiger partial charge < -0.3 is 20.1 Å². The number of ether oxygens (including phenoxy) is 1. The highest BCUT2D eigenvalue weighted by Crippen LogP contribution is 2.25. The van der Waals surface area contributed by atoms with Crippen molar-refractivity contribution in [1.29, 1.82) is 0 Å². The van der Waals surface area contributed by atoms with Gasteiger partial charge in [-0.25, -0.2) is 4.79 Å². The maximum Gasteiger partial charge on any atom is 0.317 e. The van der Waals surface area contributed by atoms with Crippen LogP contribution in [0.25, 0.3) is 0 Å². The number of aromatic hydroxyl groups is 1. The van der Waals surface area contributed by atoms with Gasteiger partial charge in [0.2, 0.25) is 0 Å².